The van der Waals surface area contributed by atoms with E-state index in [0.717, 1.165) is 41.0 Å². The first kappa shape index (κ1) is 20.6. The van der Waals surface area contributed by atoms with Crippen LogP contribution in [-0.2, 0) is 24.4 Å². The minimum Gasteiger partial charge on any atom is -0.489 e. The summed E-state index contributed by atoms with van der Waals surface area (Å²) in [6.45, 7) is 1.65. The van der Waals surface area contributed by atoms with Gasteiger partial charge in [0.1, 0.15) is 24.7 Å². The molecule has 2 atom stereocenters. The van der Waals surface area contributed by atoms with E-state index in [9.17, 15) is 4.79 Å². The zero-order chi connectivity index (χ0) is 21.9. The van der Waals surface area contributed by atoms with E-state index in [0.29, 0.717) is 26.2 Å². The molecule has 5 nitrogen and oxygen atoms in total. The fraction of sp³-hybridized carbons (Fsp3) is 0.296. The highest BCUT2D eigenvalue weighted by molar-refractivity contribution is 5.83. The summed E-state index contributed by atoms with van der Waals surface area (Å²) in [7, 11) is 0. The number of nitrogens with two attached hydrogens (primary N) is 1. The third-order valence-electron chi connectivity index (χ3n) is 6.37. The van der Waals surface area contributed by atoms with Gasteiger partial charge in [-0.15, -0.1) is 0 Å². The van der Waals surface area contributed by atoms with Gasteiger partial charge >= 0.3 is 0 Å². The van der Waals surface area contributed by atoms with Crippen LogP contribution in [0.4, 0.5) is 0 Å². The number of nitrogens with zero attached hydrogens (tertiary/aromatic N) is 1. The van der Waals surface area contributed by atoms with Gasteiger partial charge in [0.25, 0.3) is 0 Å². The van der Waals surface area contributed by atoms with Crippen LogP contribution in [0.3, 0.4) is 0 Å². The average Bonchev–Trinajstić information content (AvgIpc) is 2.84. The van der Waals surface area contributed by atoms with Crippen molar-refractivity contribution in [3.8, 4) is 11.5 Å². The van der Waals surface area contributed by atoms with Crippen molar-refractivity contribution in [2.45, 2.75) is 44.6 Å². The molecule has 0 aliphatic carbocycles. The Kier molecular flexibility index (Phi) is 5.82. The molecule has 2 aliphatic rings. The van der Waals surface area contributed by atoms with Crippen LogP contribution in [0.2, 0.25) is 0 Å². The summed E-state index contributed by atoms with van der Waals surface area (Å²) in [5.41, 5.74) is 10.6. The quantitative estimate of drug-likeness (QED) is 0.632. The highest BCUT2D eigenvalue weighted by Gasteiger charge is 2.39. The molecule has 2 aliphatic heterocycles. The Morgan fingerprint density at radius 1 is 0.875 bits per heavy atom. The van der Waals surface area contributed by atoms with Crippen molar-refractivity contribution in [1.29, 1.82) is 0 Å². The van der Waals surface area contributed by atoms with Crippen LogP contribution in [-0.4, -0.2) is 23.4 Å². The maximum absolute atomic E-state index is 12.7. The van der Waals surface area contributed by atoms with Gasteiger partial charge < -0.3 is 20.1 Å². The molecule has 0 bridgehead atoms. The molecule has 3 aromatic rings. The SMILES string of the molecule is N[C@H]1CC[C@H]2c3c(cc(OCc4ccccc4)cc3OCc3ccccc3)CCN2C1=O. The van der Waals surface area contributed by atoms with Crippen LogP contribution in [0.25, 0.3) is 0 Å². The van der Waals surface area contributed by atoms with E-state index < -0.39 is 6.04 Å². The summed E-state index contributed by atoms with van der Waals surface area (Å²) in [6.07, 6.45) is 2.32. The molecule has 5 rings (SSSR count). The fourth-order valence-corrected chi connectivity index (χ4v) is 4.71. The zero-order valence-electron chi connectivity index (χ0n) is 18.1. The molecule has 0 saturated carbocycles. The lowest BCUT2D eigenvalue weighted by molar-refractivity contribution is -0.138. The van der Waals surface area contributed by atoms with E-state index in [1.165, 1.54) is 5.56 Å². The maximum atomic E-state index is 12.7. The number of benzene rings is 3. The maximum Gasteiger partial charge on any atom is 0.240 e. The topological polar surface area (TPSA) is 64.8 Å². The molecule has 1 amide bonds. The van der Waals surface area contributed by atoms with Gasteiger partial charge in [-0.1, -0.05) is 60.7 Å². The monoisotopic (exact) mass is 428 g/mol. The second-order valence-electron chi connectivity index (χ2n) is 8.52. The normalized spacial score (nSPS) is 19.8. The Morgan fingerprint density at radius 3 is 2.22 bits per heavy atom. The average molecular weight is 429 g/mol. The van der Waals surface area contributed by atoms with Crippen molar-refractivity contribution in [1.82, 2.24) is 4.90 Å². The van der Waals surface area contributed by atoms with Gasteiger partial charge in [-0.3, -0.25) is 4.79 Å². The fourth-order valence-electron chi connectivity index (χ4n) is 4.71. The Labute approximate surface area is 188 Å². The molecule has 5 heteroatoms. The summed E-state index contributed by atoms with van der Waals surface area (Å²) in [4.78, 5) is 14.7. The van der Waals surface area contributed by atoms with Crippen LogP contribution >= 0.6 is 0 Å². The van der Waals surface area contributed by atoms with E-state index >= 15 is 0 Å². The summed E-state index contributed by atoms with van der Waals surface area (Å²) in [5.74, 6) is 1.64. The molecule has 0 spiro atoms. The van der Waals surface area contributed by atoms with Crippen molar-refractivity contribution in [2.24, 2.45) is 5.73 Å². The first-order valence-electron chi connectivity index (χ1n) is 11.3. The van der Waals surface area contributed by atoms with Gasteiger partial charge in [0.2, 0.25) is 5.91 Å². The predicted molar refractivity (Wildman–Crippen MR) is 123 cm³/mol. The van der Waals surface area contributed by atoms with E-state index in [1.54, 1.807) is 0 Å². The van der Waals surface area contributed by atoms with Crippen LogP contribution < -0.4 is 15.2 Å². The van der Waals surface area contributed by atoms with E-state index in [-0.39, 0.29) is 11.9 Å². The molecule has 2 N–H and O–H groups in total. The number of piperidine rings is 1. The van der Waals surface area contributed by atoms with Gasteiger partial charge in [-0.2, -0.15) is 0 Å². The summed E-state index contributed by atoms with van der Waals surface area (Å²) < 4.78 is 12.5. The van der Waals surface area contributed by atoms with Crippen molar-refractivity contribution in [3.05, 3.63) is 95.1 Å². The first-order valence-corrected chi connectivity index (χ1v) is 11.3. The van der Waals surface area contributed by atoms with Crippen LogP contribution in [0.15, 0.2) is 72.8 Å². The molecule has 1 saturated heterocycles. The zero-order valence-corrected chi connectivity index (χ0v) is 18.1. The van der Waals surface area contributed by atoms with Gasteiger partial charge in [-0.05, 0) is 42.0 Å². The van der Waals surface area contributed by atoms with Crippen LogP contribution in [0.5, 0.6) is 11.5 Å². The summed E-state index contributed by atoms with van der Waals surface area (Å²) in [5, 5.41) is 0. The van der Waals surface area contributed by atoms with Crippen LogP contribution in [0, 0.1) is 0 Å². The number of rotatable bonds is 6. The van der Waals surface area contributed by atoms with Crippen LogP contribution in [0.1, 0.15) is 41.1 Å². The Balaban J connectivity index is 1.45. The highest BCUT2D eigenvalue weighted by Crippen LogP contribution is 2.44. The van der Waals surface area contributed by atoms with E-state index in [4.69, 9.17) is 15.2 Å². The Bertz CT molecular complexity index is 1080. The molecule has 0 aromatic heterocycles. The van der Waals surface area contributed by atoms with E-state index in [1.807, 2.05) is 47.4 Å². The van der Waals surface area contributed by atoms with Gasteiger partial charge in [-0.25, -0.2) is 0 Å². The van der Waals surface area contributed by atoms with Crippen molar-refractivity contribution < 1.29 is 14.3 Å². The number of carbonyl (C=O) groups is 1. The molecule has 32 heavy (non-hydrogen) atoms. The first-order chi connectivity index (χ1) is 15.7. The molecular weight excluding hydrogens is 400 g/mol. The minimum atomic E-state index is -0.394. The lowest BCUT2D eigenvalue weighted by atomic mass is 9.84. The summed E-state index contributed by atoms with van der Waals surface area (Å²) >= 11 is 0. The third kappa shape index (κ3) is 4.21. The molecule has 164 valence electrons. The lowest BCUT2D eigenvalue weighted by Gasteiger charge is -2.43. The number of amides is 1. The molecule has 0 unspecified atom stereocenters. The number of ether oxygens (including phenoxy) is 2. The molecule has 1 fully saturated rings. The standard InChI is InChI=1S/C27H28N2O3/c28-23-11-12-24-26-21(13-14-29(24)27(23)30)15-22(31-17-19-7-3-1-4-8-19)16-25(26)32-18-20-9-5-2-6-10-20/h1-10,15-16,23-24H,11-14,17-18,28H2/t23-,24-/m0/s1. The van der Waals surface area contributed by atoms with Gasteiger partial charge in [0.05, 0.1) is 12.1 Å². The third-order valence-corrected chi connectivity index (χ3v) is 6.37. The van der Waals surface area contributed by atoms with Gasteiger partial charge in [0.15, 0.2) is 0 Å². The smallest absolute Gasteiger partial charge is 0.240 e. The van der Waals surface area contributed by atoms with Crippen molar-refractivity contribution in [2.75, 3.05) is 6.54 Å². The van der Waals surface area contributed by atoms with Crippen molar-refractivity contribution >= 4 is 5.91 Å². The molecule has 3 aromatic carbocycles. The lowest BCUT2D eigenvalue weighted by Crippen LogP contribution is -2.52. The van der Waals surface area contributed by atoms with Gasteiger partial charge in [0, 0.05) is 18.2 Å². The number of carbonyl (C=O) groups excluding carboxylic acids is 1. The van der Waals surface area contributed by atoms with E-state index in [2.05, 4.69) is 30.3 Å². The number of fused-ring (bicyclic) bond motifs is 3. The molecule has 0 radical (unpaired) electrons. The minimum absolute atomic E-state index is 0.0139. The molecule has 2 heterocycles. The summed E-state index contributed by atoms with van der Waals surface area (Å²) in [6, 6.07) is 24.0. The number of hydrogen-bond acceptors (Lipinski definition) is 4. The second-order valence-corrected chi connectivity index (χ2v) is 8.52. The number of hydrogen-bond donors (Lipinski definition) is 1. The Hall–Kier alpha value is -3.31. The second kappa shape index (κ2) is 9.05. The molecular formula is C27H28N2O3. The Morgan fingerprint density at radius 2 is 1.53 bits per heavy atom. The largest absolute Gasteiger partial charge is 0.489 e. The highest BCUT2D eigenvalue weighted by atomic mass is 16.5. The predicted octanol–water partition coefficient (Wildman–Crippen LogP) is 4.39. The van der Waals surface area contributed by atoms with Crippen molar-refractivity contribution in [3.63, 3.8) is 0 Å².